The van der Waals surface area contributed by atoms with Crippen LogP contribution >= 0.6 is 36.2 Å². The van der Waals surface area contributed by atoms with E-state index >= 15 is 0 Å². The van der Waals surface area contributed by atoms with Crippen molar-refractivity contribution in [1.29, 1.82) is 0 Å². The van der Waals surface area contributed by atoms with Crippen LogP contribution in [0.5, 0.6) is 0 Å². The molecule has 0 aromatic carbocycles. The molecule has 140 valence electrons. The number of nitrogens with two attached hydrogens (primary N) is 1. The van der Waals surface area contributed by atoms with Gasteiger partial charge in [-0.1, -0.05) is 6.92 Å². The van der Waals surface area contributed by atoms with E-state index in [1.165, 1.54) is 11.3 Å². The van der Waals surface area contributed by atoms with Crippen LogP contribution in [0.3, 0.4) is 0 Å². The third-order valence-electron chi connectivity index (χ3n) is 3.99. The lowest BCUT2D eigenvalue weighted by atomic mass is 10.1. The van der Waals surface area contributed by atoms with E-state index < -0.39 is 0 Å². The highest BCUT2D eigenvalue weighted by Gasteiger charge is 2.30. The van der Waals surface area contributed by atoms with E-state index in [0.717, 1.165) is 24.4 Å². The Hall–Kier alpha value is -0.440. The number of piperazine rings is 1. The topological polar surface area (TPSA) is 82.7 Å². The van der Waals surface area contributed by atoms with Crippen molar-refractivity contribution in [1.82, 2.24) is 14.8 Å². The molecule has 1 aliphatic heterocycles. The van der Waals surface area contributed by atoms with Gasteiger partial charge < -0.3 is 15.7 Å². The van der Waals surface area contributed by atoms with Crippen LogP contribution < -0.4 is 5.73 Å². The van der Waals surface area contributed by atoms with Crippen LogP contribution in [-0.4, -0.2) is 70.7 Å². The Morgan fingerprint density at radius 2 is 2.21 bits per heavy atom. The van der Waals surface area contributed by atoms with Crippen LogP contribution in [0.4, 0.5) is 0 Å². The van der Waals surface area contributed by atoms with Crippen LogP contribution in [0, 0.1) is 0 Å². The minimum Gasteiger partial charge on any atom is -0.392 e. The summed E-state index contributed by atoms with van der Waals surface area (Å²) >= 11 is 1.50. The summed E-state index contributed by atoms with van der Waals surface area (Å²) in [6.07, 6.45) is 1.35. The number of halogens is 2. The molecule has 2 atom stereocenters. The molecule has 1 aromatic rings. The number of rotatable bonds is 6. The summed E-state index contributed by atoms with van der Waals surface area (Å²) in [6, 6.07) is 0.300. The number of carbonyl (C=O) groups excluding carboxylic acids is 1. The predicted molar refractivity (Wildman–Crippen MR) is 103 cm³/mol. The SMILES string of the molecule is CCC1CN(C(=O)c2csc(CCN)n2)CCN1CC(C)O.Cl.Cl. The highest BCUT2D eigenvalue weighted by Crippen LogP contribution is 2.17. The molecule has 9 heteroatoms. The van der Waals surface area contributed by atoms with Gasteiger partial charge in [-0.15, -0.1) is 36.2 Å². The summed E-state index contributed by atoms with van der Waals surface area (Å²) in [5.74, 6) is 0.00895. The van der Waals surface area contributed by atoms with Gasteiger partial charge in [-0.3, -0.25) is 9.69 Å². The Labute approximate surface area is 160 Å². The molecule has 2 rings (SSSR count). The number of nitrogens with zero attached hydrogens (tertiary/aromatic N) is 3. The Morgan fingerprint density at radius 1 is 1.50 bits per heavy atom. The van der Waals surface area contributed by atoms with Gasteiger partial charge in [0.15, 0.2) is 0 Å². The quantitative estimate of drug-likeness (QED) is 0.756. The smallest absolute Gasteiger partial charge is 0.273 e. The average molecular weight is 399 g/mol. The van der Waals surface area contributed by atoms with Gasteiger partial charge in [0.25, 0.3) is 5.91 Å². The number of carbonyl (C=O) groups is 1. The molecule has 1 fully saturated rings. The van der Waals surface area contributed by atoms with E-state index in [9.17, 15) is 9.90 Å². The minimum absolute atomic E-state index is 0. The van der Waals surface area contributed by atoms with Crippen molar-refractivity contribution in [2.45, 2.75) is 38.8 Å². The second-order valence-corrected chi connectivity index (χ2v) is 6.77. The normalized spacial score (nSPS) is 19.3. The molecule has 6 nitrogen and oxygen atoms in total. The molecule has 24 heavy (non-hydrogen) atoms. The highest BCUT2D eigenvalue weighted by molar-refractivity contribution is 7.09. The number of aliphatic hydroxyl groups is 1. The predicted octanol–water partition coefficient (Wildman–Crippen LogP) is 1.41. The molecule has 1 amide bonds. The Morgan fingerprint density at radius 3 is 2.79 bits per heavy atom. The molecule has 3 N–H and O–H groups in total. The molecule has 0 aliphatic carbocycles. The van der Waals surface area contributed by atoms with Gasteiger partial charge >= 0.3 is 0 Å². The third-order valence-corrected chi connectivity index (χ3v) is 4.90. The van der Waals surface area contributed by atoms with Crippen molar-refractivity contribution in [3.05, 3.63) is 16.1 Å². The minimum atomic E-state index is -0.339. The Bertz CT molecular complexity index is 502. The summed E-state index contributed by atoms with van der Waals surface area (Å²) in [5, 5.41) is 12.3. The molecule has 1 aromatic heterocycles. The van der Waals surface area contributed by atoms with Gasteiger partial charge in [0.1, 0.15) is 5.69 Å². The van der Waals surface area contributed by atoms with E-state index in [4.69, 9.17) is 5.73 Å². The number of hydrogen-bond donors (Lipinski definition) is 2. The van der Waals surface area contributed by atoms with Crippen molar-refractivity contribution in [2.24, 2.45) is 5.73 Å². The number of aliphatic hydroxyl groups excluding tert-OH is 1. The van der Waals surface area contributed by atoms with Crippen LogP contribution in [-0.2, 0) is 6.42 Å². The molecular formula is C15H28Cl2N4O2S. The number of aromatic nitrogens is 1. The maximum Gasteiger partial charge on any atom is 0.273 e. The summed E-state index contributed by atoms with van der Waals surface area (Å²) in [6.45, 7) is 7.33. The average Bonchev–Trinajstić information content (AvgIpc) is 2.95. The van der Waals surface area contributed by atoms with Crippen molar-refractivity contribution < 1.29 is 9.90 Å². The van der Waals surface area contributed by atoms with Gasteiger partial charge in [0.05, 0.1) is 11.1 Å². The number of thiazole rings is 1. The van der Waals surface area contributed by atoms with Gasteiger partial charge in [-0.05, 0) is 19.9 Å². The zero-order valence-electron chi connectivity index (χ0n) is 14.2. The molecular weight excluding hydrogens is 371 g/mol. The summed E-state index contributed by atoms with van der Waals surface area (Å²) in [7, 11) is 0. The van der Waals surface area contributed by atoms with Crippen LogP contribution in [0.2, 0.25) is 0 Å². The molecule has 0 bridgehead atoms. The molecule has 2 unspecified atom stereocenters. The van der Waals surface area contributed by atoms with Crippen molar-refractivity contribution in [2.75, 3.05) is 32.7 Å². The van der Waals surface area contributed by atoms with Crippen molar-refractivity contribution >= 4 is 42.1 Å². The number of β-amino-alcohol motifs (C(OH)–C–C–N with tert-alkyl or cyclic N) is 1. The number of amides is 1. The second-order valence-electron chi connectivity index (χ2n) is 5.82. The number of hydrogen-bond acceptors (Lipinski definition) is 6. The maximum absolute atomic E-state index is 12.6. The lowest BCUT2D eigenvalue weighted by Crippen LogP contribution is -2.55. The van der Waals surface area contributed by atoms with Gasteiger partial charge in [0, 0.05) is 44.0 Å². The van der Waals surface area contributed by atoms with Crippen LogP contribution in [0.1, 0.15) is 35.8 Å². The monoisotopic (exact) mass is 398 g/mol. The van der Waals surface area contributed by atoms with Gasteiger partial charge in [-0.25, -0.2) is 4.98 Å². The standard InChI is InChI=1S/C15H26N4O2S.2ClH/c1-3-12-9-19(7-6-18(12)8-11(2)20)15(21)13-10-22-14(17-13)4-5-16;;/h10-12,20H,3-9,16H2,1-2H3;2*1H. The fourth-order valence-electron chi connectivity index (χ4n) is 2.85. The van der Waals surface area contributed by atoms with E-state index in [1.807, 2.05) is 10.3 Å². The molecule has 1 saturated heterocycles. The van der Waals surface area contributed by atoms with E-state index in [1.54, 1.807) is 6.92 Å². The van der Waals surface area contributed by atoms with Crippen LogP contribution in [0.15, 0.2) is 5.38 Å². The Kier molecular flexibility index (Phi) is 11.0. The van der Waals surface area contributed by atoms with E-state index in [0.29, 0.717) is 37.9 Å². The zero-order chi connectivity index (χ0) is 16.1. The molecule has 0 saturated carbocycles. The van der Waals surface area contributed by atoms with E-state index in [-0.39, 0.29) is 36.8 Å². The first-order chi connectivity index (χ1) is 10.5. The largest absolute Gasteiger partial charge is 0.392 e. The van der Waals surface area contributed by atoms with Gasteiger partial charge in [-0.2, -0.15) is 0 Å². The lowest BCUT2D eigenvalue weighted by molar-refractivity contribution is 0.0307. The lowest BCUT2D eigenvalue weighted by Gasteiger charge is -2.41. The first kappa shape index (κ1) is 23.6. The van der Waals surface area contributed by atoms with Crippen LogP contribution in [0.25, 0.3) is 0 Å². The maximum atomic E-state index is 12.6. The first-order valence-corrected chi connectivity index (χ1v) is 8.79. The van der Waals surface area contributed by atoms with Gasteiger partial charge in [0.2, 0.25) is 0 Å². The molecule has 2 heterocycles. The summed E-state index contributed by atoms with van der Waals surface area (Å²) < 4.78 is 0. The van der Waals surface area contributed by atoms with Crippen molar-refractivity contribution in [3.8, 4) is 0 Å². The summed E-state index contributed by atoms with van der Waals surface area (Å²) in [4.78, 5) is 21.1. The Balaban J connectivity index is 0.00000264. The highest BCUT2D eigenvalue weighted by atomic mass is 35.5. The molecule has 0 radical (unpaired) electrons. The summed E-state index contributed by atoms with van der Waals surface area (Å²) in [5.41, 5.74) is 6.06. The molecule has 0 spiro atoms. The second kappa shape index (κ2) is 11.2. The first-order valence-electron chi connectivity index (χ1n) is 7.91. The van der Waals surface area contributed by atoms with Crippen molar-refractivity contribution in [3.63, 3.8) is 0 Å². The zero-order valence-corrected chi connectivity index (χ0v) is 16.6. The fourth-order valence-corrected chi connectivity index (χ4v) is 3.64. The van der Waals surface area contributed by atoms with E-state index in [2.05, 4.69) is 16.8 Å². The third kappa shape index (κ3) is 6.13. The molecule has 1 aliphatic rings. The fraction of sp³-hybridized carbons (Fsp3) is 0.733.